The summed E-state index contributed by atoms with van der Waals surface area (Å²) in [5.74, 6) is 1.27. The van der Waals surface area contributed by atoms with Crippen LogP contribution < -0.4 is 14.4 Å². The highest BCUT2D eigenvalue weighted by molar-refractivity contribution is 5.95. The van der Waals surface area contributed by atoms with Gasteiger partial charge in [0, 0.05) is 5.56 Å². The topological polar surface area (TPSA) is 43.2 Å². The number of methoxy groups -OCH3 is 2. The maximum absolute atomic E-state index is 12.5. The minimum Gasteiger partial charge on any atom is -0.493 e. The van der Waals surface area contributed by atoms with Crippen molar-refractivity contribution in [2.24, 2.45) is 0 Å². The Morgan fingerprint density at radius 3 is 2.52 bits per heavy atom. The lowest BCUT2D eigenvalue weighted by molar-refractivity contribution is -0.898. The van der Waals surface area contributed by atoms with Crippen molar-refractivity contribution in [3.63, 3.8) is 0 Å². The van der Waals surface area contributed by atoms with Crippen LogP contribution in [0.2, 0.25) is 0 Å². The van der Waals surface area contributed by atoms with E-state index in [2.05, 4.69) is 6.58 Å². The summed E-state index contributed by atoms with van der Waals surface area (Å²) in [5.41, 5.74) is 0.639. The van der Waals surface area contributed by atoms with Crippen LogP contribution in [-0.4, -0.2) is 57.8 Å². The Bertz CT molecular complexity index is 508. The van der Waals surface area contributed by atoms with E-state index in [1.807, 2.05) is 11.0 Å². The molecular weight excluding hydrogens is 268 g/mol. The van der Waals surface area contributed by atoms with Gasteiger partial charge in [0.15, 0.2) is 11.5 Å². The fourth-order valence-corrected chi connectivity index (χ4v) is 2.59. The maximum Gasteiger partial charge on any atom is 0.254 e. The van der Waals surface area contributed by atoms with Crippen molar-refractivity contribution in [3.8, 4) is 11.5 Å². The number of benzene rings is 1. The minimum absolute atomic E-state index is 0.0496. The Balaban J connectivity index is 2.05. The number of nitrogens with one attached hydrogen (secondary N) is 1. The molecule has 5 nitrogen and oxygen atoms in total. The zero-order valence-corrected chi connectivity index (χ0v) is 12.7. The number of amides is 1. The van der Waals surface area contributed by atoms with Crippen LogP contribution in [0.3, 0.4) is 0 Å². The highest BCUT2D eigenvalue weighted by Gasteiger charge is 2.24. The van der Waals surface area contributed by atoms with Crippen LogP contribution in [0.5, 0.6) is 11.5 Å². The van der Waals surface area contributed by atoms with Crippen LogP contribution in [0.1, 0.15) is 10.4 Å². The van der Waals surface area contributed by atoms with Gasteiger partial charge >= 0.3 is 0 Å². The predicted molar refractivity (Wildman–Crippen MR) is 81.2 cm³/mol. The van der Waals surface area contributed by atoms with E-state index in [1.54, 1.807) is 32.4 Å². The van der Waals surface area contributed by atoms with E-state index in [-0.39, 0.29) is 5.91 Å². The van der Waals surface area contributed by atoms with Crippen LogP contribution in [0.25, 0.3) is 0 Å². The minimum atomic E-state index is 0.0496. The van der Waals surface area contributed by atoms with Crippen molar-refractivity contribution < 1.29 is 19.2 Å². The van der Waals surface area contributed by atoms with Gasteiger partial charge in [0.05, 0.1) is 46.9 Å². The Kier molecular flexibility index (Phi) is 5.22. The Hall–Kier alpha value is -2.01. The van der Waals surface area contributed by atoms with E-state index in [0.717, 1.165) is 32.7 Å². The predicted octanol–water partition coefficient (Wildman–Crippen LogP) is 0.231. The monoisotopic (exact) mass is 291 g/mol. The molecule has 1 aromatic carbocycles. The first-order valence-corrected chi connectivity index (χ1v) is 7.15. The van der Waals surface area contributed by atoms with Gasteiger partial charge in [0.2, 0.25) is 0 Å². The highest BCUT2D eigenvalue weighted by atomic mass is 16.5. The van der Waals surface area contributed by atoms with Gasteiger partial charge in [-0.25, -0.2) is 0 Å². The van der Waals surface area contributed by atoms with Gasteiger partial charge in [-0.1, -0.05) is 6.58 Å². The first kappa shape index (κ1) is 15.4. The molecule has 0 radical (unpaired) electrons. The SMILES string of the molecule is C=CC[NH+]1CCN(C(=O)c2ccc(OC)c(OC)c2)CC1. The number of hydrogen-bond donors (Lipinski definition) is 1. The molecule has 0 unspecified atom stereocenters. The van der Waals surface area contributed by atoms with E-state index < -0.39 is 0 Å². The number of carbonyl (C=O) groups is 1. The number of carbonyl (C=O) groups excluding carboxylic acids is 1. The molecule has 0 atom stereocenters. The Morgan fingerprint density at radius 1 is 1.29 bits per heavy atom. The molecule has 1 saturated heterocycles. The maximum atomic E-state index is 12.5. The van der Waals surface area contributed by atoms with E-state index >= 15 is 0 Å². The molecule has 1 fully saturated rings. The first-order chi connectivity index (χ1) is 10.2. The lowest BCUT2D eigenvalue weighted by Crippen LogP contribution is -3.14. The largest absolute Gasteiger partial charge is 0.493 e. The zero-order valence-electron chi connectivity index (χ0n) is 12.7. The molecule has 1 aliphatic rings. The molecule has 1 amide bonds. The van der Waals surface area contributed by atoms with Crippen molar-refractivity contribution in [2.75, 3.05) is 46.9 Å². The molecule has 1 heterocycles. The zero-order chi connectivity index (χ0) is 15.2. The van der Waals surface area contributed by atoms with Crippen molar-refractivity contribution in [1.82, 2.24) is 4.90 Å². The molecule has 0 bridgehead atoms. The van der Waals surface area contributed by atoms with Crippen LogP contribution in [0, 0.1) is 0 Å². The summed E-state index contributed by atoms with van der Waals surface area (Å²) in [5, 5.41) is 0. The van der Waals surface area contributed by atoms with E-state index in [9.17, 15) is 4.79 Å². The quantitative estimate of drug-likeness (QED) is 0.790. The van der Waals surface area contributed by atoms with Gasteiger partial charge in [-0.3, -0.25) is 4.79 Å². The lowest BCUT2D eigenvalue weighted by Gasteiger charge is -2.31. The molecule has 2 rings (SSSR count). The van der Waals surface area contributed by atoms with E-state index in [0.29, 0.717) is 17.1 Å². The lowest BCUT2D eigenvalue weighted by atomic mass is 10.1. The van der Waals surface area contributed by atoms with Gasteiger partial charge in [0.25, 0.3) is 5.91 Å². The molecule has 0 aliphatic carbocycles. The second-order valence-electron chi connectivity index (χ2n) is 5.10. The fourth-order valence-electron chi connectivity index (χ4n) is 2.59. The summed E-state index contributed by atoms with van der Waals surface area (Å²) in [6.45, 7) is 8.20. The number of hydrogen-bond acceptors (Lipinski definition) is 3. The molecular formula is C16H23N2O3+. The van der Waals surface area contributed by atoms with Crippen molar-refractivity contribution in [2.45, 2.75) is 0 Å². The summed E-state index contributed by atoms with van der Waals surface area (Å²) in [6.07, 6.45) is 1.93. The summed E-state index contributed by atoms with van der Waals surface area (Å²) in [7, 11) is 3.16. The average Bonchev–Trinajstić information content (AvgIpc) is 2.54. The first-order valence-electron chi connectivity index (χ1n) is 7.15. The number of ether oxygens (including phenoxy) is 2. The number of piperazine rings is 1. The third-order valence-corrected chi connectivity index (χ3v) is 3.82. The third kappa shape index (κ3) is 3.55. The molecule has 0 saturated carbocycles. The third-order valence-electron chi connectivity index (χ3n) is 3.82. The fraction of sp³-hybridized carbons (Fsp3) is 0.438. The highest BCUT2D eigenvalue weighted by Crippen LogP contribution is 2.28. The Morgan fingerprint density at radius 2 is 1.95 bits per heavy atom. The van der Waals surface area contributed by atoms with Gasteiger partial charge < -0.3 is 19.3 Å². The Labute approximate surface area is 125 Å². The number of nitrogens with zero attached hydrogens (tertiary/aromatic N) is 1. The van der Waals surface area contributed by atoms with Crippen LogP contribution in [0.4, 0.5) is 0 Å². The number of rotatable bonds is 5. The van der Waals surface area contributed by atoms with Crippen LogP contribution in [-0.2, 0) is 0 Å². The molecule has 0 aromatic heterocycles. The van der Waals surface area contributed by atoms with Crippen LogP contribution >= 0.6 is 0 Å². The summed E-state index contributed by atoms with van der Waals surface area (Å²) < 4.78 is 10.4. The smallest absolute Gasteiger partial charge is 0.254 e. The van der Waals surface area contributed by atoms with Gasteiger partial charge in [0.1, 0.15) is 0 Å². The van der Waals surface area contributed by atoms with Gasteiger partial charge in [-0.15, -0.1) is 0 Å². The molecule has 1 aromatic rings. The summed E-state index contributed by atoms with van der Waals surface area (Å²) in [4.78, 5) is 15.9. The standard InChI is InChI=1S/C16H22N2O3/c1-4-7-17-8-10-18(11-9-17)16(19)13-5-6-14(20-2)15(12-13)21-3/h4-6,12H,1,7-11H2,2-3H3/p+1. The van der Waals surface area contributed by atoms with Crippen molar-refractivity contribution in [3.05, 3.63) is 36.4 Å². The average molecular weight is 291 g/mol. The molecule has 5 heteroatoms. The van der Waals surface area contributed by atoms with Crippen LogP contribution in [0.15, 0.2) is 30.9 Å². The molecule has 0 spiro atoms. The summed E-state index contributed by atoms with van der Waals surface area (Å²) >= 11 is 0. The van der Waals surface area contributed by atoms with E-state index in [4.69, 9.17) is 9.47 Å². The molecule has 1 aliphatic heterocycles. The molecule has 1 N–H and O–H groups in total. The second kappa shape index (κ2) is 7.13. The van der Waals surface area contributed by atoms with Crippen molar-refractivity contribution in [1.29, 1.82) is 0 Å². The normalized spacial score (nSPS) is 15.6. The molecule has 21 heavy (non-hydrogen) atoms. The van der Waals surface area contributed by atoms with Crippen molar-refractivity contribution >= 4 is 5.91 Å². The second-order valence-corrected chi connectivity index (χ2v) is 5.10. The van der Waals surface area contributed by atoms with E-state index in [1.165, 1.54) is 4.90 Å². The molecule has 114 valence electrons. The summed E-state index contributed by atoms with van der Waals surface area (Å²) in [6, 6.07) is 5.29. The number of quaternary nitrogens is 1. The van der Waals surface area contributed by atoms with Gasteiger partial charge in [-0.05, 0) is 24.3 Å². The van der Waals surface area contributed by atoms with Gasteiger partial charge in [-0.2, -0.15) is 0 Å².